The molecule has 1 atom stereocenters. The number of rotatable bonds is 4. The van der Waals surface area contributed by atoms with E-state index < -0.39 is 6.09 Å². The van der Waals surface area contributed by atoms with Gasteiger partial charge in [0.1, 0.15) is 6.61 Å². The predicted molar refractivity (Wildman–Crippen MR) is 89.4 cm³/mol. The van der Waals surface area contributed by atoms with Crippen molar-refractivity contribution in [2.75, 3.05) is 20.3 Å². The molecule has 120 valence electrons. The topological polar surface area (TPSA) is 49.8 Å². The van der Waals surface area contributed by atoms with Gasteiger partial charge in [0.25, 0.3) is 0 Å². The molecule has 4 nitrogen and oxygen atoms in total. The first-order chi connectivity index (χ1) is 11.1. The van der Waals surface area contributed by atoms with Crippen LogP contribution in [0.3, 0.4) is 0 Å². The molecule has 0 heterocycles. The summed E-state index contributed by atoms with van der Waals surface area (Å²) in [6, 6.07) is 16.2. The SMILES string of the molecule is C[C@H](CO)N(C)C(=O)OCC1c2ccccc2-c2ccccc21. The number of aliphatic hydroxyl groups is 1. The van der Waals surface area contributed by atoms with Crippen molar-refractivity contribution in [3.8, 4) is 11.1 Å². The van der Waals surface area contributed by atoms with E-state index in [2.05, 4.69) is 24.3 Å². The number of benzene rings is 2. The average Bonchev–Trinajstić information content (AvgIpc) is 2.92. The highest BCUT2D eigenvalue weighted by Crippen LogP contribution is 2.44. The van der Waals surface area contributed by atoms with E-state index in [0.29, 0.717) is 6.61 Å². The number of likely N-dealkylation sites (N-methyl/N-ethyl adjacent to an activating group) is 1. The summed E-state index contributed by atoms with van der Waals surface area (Å²) in [7, 11) is 1.64. The number of carbonyl (C=O) groups excluding carboxylic acids is 1. The lowest BCUT2D eigenvalue weighted by molar-refractivity contribution is 0.0834. The van der Waals surface area contributed by atoms with Gasteiger partial charge in [-0.05, 0) is 29.2 Å². The number of fused-ring (bicyclic) bond motifs is 3. The number of amides is 1. The molecule has 0 bridgehead atoms. The maximum atomic E-state index is 12.1. The molecule has 3 rings (SSSR count). The van der Waals surface area contributed by atoms with Crippen molar-refractivity contribution in [3.05, 3.63) is 59.7 Å². The van der Waals surface area contributed by atoms with Crippen LogP contribution in [0, 0.1) is 0 Å². The van der Waals surface area contributed by atoms with Gasteiger partial charge in [-0.15, -0.1) is 0 Å². The van der Waals surface area contributed by atoms with Gasteiger partial charge >= 0.3 is 6.09 Å². The third kappa shape index (κ3) is 2.82. The van der Waals surface area contributed by atoms with E-state index in [1.165, 1.54) is 27.2 Å². The Hall–Kier alpha value is -2.33. The molecule has 0 spiro atoms. The number of nitrogens with zero attached hydrogens (tertiary/aromatic N) is 1. The molecule has 1 aliphatic rings. The molecule has 0 aliphatic heterocycles. The van der Waals surface area contributed by atoms with Crippen LogP contribution < -0.4 is 0 Å². The predicted octanol–water partition coefficient (Wildman–Crippen LogP) is 3.25. The number of aliphatic hydroxyl groups excluding tert-OH is 1. The summed E-state index contributed by atoms with van der Waals surface area (Å²) in [6.45, 7) is 2.00. The van der Waals surface area contributed by atoms with Gasteiger partial charge in [-0.3, -0.25) is 0 Å². The first-order valence-electron chi connectivity index (χ1n) is 7.82. The van der Waals surface area contributed by atoms with Crippen LogP contribution in [0.5, 0.6) is 0 Å². The highest BCUT2D eigenvalue weighted by molar-refractivity contribution is 5.79. The number of hydrogen-bond donors (Lipinski definition) is 1. The van der Waals surface area contributed by atoms with Crippen LogP contribution in [-0.4, -0.2) is 42.4 Å². The summed E-state index contributed by atoms with van der Waals surface area (Å²) in [4.78, 5) is 13.5. The van der Waals surface area contributed by atoms with Gasteiger partial charge < -0.3 is 14.7 Å². The third-order valence-corrected chi connectivity index (χ3v) is 4.55. The van der Waals surface area contributed by atoms with E-state index in [4.69, 9.17) is 9.84 Å². The molecular weight excluding hydrogens is 290 g/mol. The van der Waals surface area contributed by atoms with E-state index in [1.54, 1.807) is 14.0 Å². The number of hydrogen-bond acceptors (Lipinski definition) is 3. The van der Waals surface area contributed by atoms with Crippen molar-refractivity contribution in [2.45, 2.75) is 18.9 Å². The molecule has 2 aromatic carbocycles. The van der Waals surface area contributed by atoms with Crippen LogP contribution in [0.2, 0.25) is 0 Å². The van der Waals surface area contributed by atoms with E-state index in [0.717, 1.165) is 0 Å². The Labute approximate surface area is 136 Å². The Morgan fingerprint density at radius 2 is 1.65 bits per heavy atom. The second kappa shape index (κ2) is 6.42. The average molecular weight is 311 g/mol. The molecule has 2 aromatic rings. The summed E-state index contributed by atoms with van der Waals surface area (Å²) in [5.41, 5.74) is 4.81. The van der Waals surface area contributed by atoms with Crippen LogP contribution in [-0.2, 0) is 4.74 Å². The fourth-order valence-corrected chi connectivity index (χ4v) is 3.00. The Bertz CT molecular complexity index is 668. The Balaban J connectivity index is 1.80. The van der Waals surface area contributed by atoms with Gasteiger partial charge in [-0.25, -0.2) is 4.79 Å². The first kappa shape index (κ1) is 15.6. The fraction of sp³-hybridized carbons (Fsp3) is 0.316. The molecular formula is C19H21NO3. The first-order valence-corrected chi connectivity index (χ1v) is 7.82. The lowest BCUT2D eigenvalue weighted by Gasteiger charge is -2.23. The second-order valence-corrected chi connectivity index (χ2v) is 5.95. The van der Waals surface area contributed by atoms with Crippen molar-refractivity contribution in [1.82, 2.24) is 4.90 Å². The highest BCUT2D eigenvalue weighted by atomic mass is 16.6. The lowest BCUT2D eigenvalue weighted by Crippen LogP contribution is -2.38. The molecule has 1 N–H and O–H groups in total. The van der Waals surface area contributed by atoms with Crippen molar-refractivity contribution >= 4 is 6.09 Å². The summed E-state index contributed by atoms with van der Waals surface area (Å²) in [5.74, 6) is 0.0594. The fourth-order valence-electron chi connectivity index (χ4n) is 3.00. The van der Waals surface area contributed by atoms with Crippen LogP contribution in [0.4, 0.5) is 4.79 Å². The van der Waals surface area contributed by atoms with Gasteiger partial charge in [-0.2, -0.15) is 0 Å². The van der Waals surface area contributed by atoms with E-state index >= 15 is 0 Å². The molecule has 0 unspecified atom stereocenters. The third-order valence-electron chi connectivity index (χ3n) is 4.55. The quantitative estimate of drug-likeness (QED) is 0.943. The van der Waals surface area contributed by atoms with Gasteiger partial charge in [0.15, 0.2) is 0 Å². The Kier molecular flexibility index (Phi) is 4.35. The molecule has 1 aliphatic carbocycles. The van der Waals surface area contributed by atoms with Crippen molar-refractivity contribution in [2.24, 2.45) is 0 Å². The Morgan fingerprint density at radius 3 is 2.17 bits per heavy atom. The lowest BCUT2D eigenvalue weighted by atomic mass is 9.98. The molecule has 0 saturated heterocycles. The molecule has 0 saturated carbocycles. The largest absolute Gasteiger partial charge is 0.448 e. The van der Waals surface area contributed by atoms with Crippen molar-refractivity contribution in [3.63, 3.8) is 0 Å². The van der Waals surface area contributed by atoms with Crippen LogP contribution >= 0.6 is 0 Å². The molecule has 0 radical (unpaired) electrons. The van der Waals surface area contributed by atoms with Crippen LogP contribution in [0.1, 0.15) is 24.0 Å². The van der Waals surface area contributed by atoms with Crippen LogP contribution in [0.15, 0.2) is 48.5 Å². The minimum absolute atomic E-state index is 0.0594. The number of ether oxygens (including phenoxy) is 1. The maximum absolute atomic E-state index is 12.1. The van der Waals surface area contributed by atoms with Gasteiger partial charge in [0.2, 0.25) is 0 Å². The molecule has 0 aromatic heterocycles. The summed E-state index contributed by atoms with van der Waals surface area (Å²) in [5, 5.41) is 9.14. The van der Waals surface area contributed by atoms with Gasteiger partial charge in [0, 0.05) is 13.0 Å². The number of carbonyl (C=O) groups is 1. The van der Waals surface area contributed by atoms with Gasteiger partial charge in [-0.1, -0.05) is 48.5 Å². The zero-order valence-corrected chi connectivity index (χ0v) is 13.4. The van der Waals surface area contributed by atoms with Crippen LogP contribution in [0.25, 0.3) is 11.1 Å². The van der Waals surface area contributed by atoms with Crippen molar-refractivity contribution < 1.29 is 14.6 Å². The maximum Gasteiger partial charge on any atom is 0.409 e. The van der Waals surface area contributed by atoms with Crippen molar-refractivity contribution in [1.29, 1.82) is 0 Å². The zero-order valence-electron chi connectivity index (χ0n) is 13.4. The minimum atomic E-state index is -0.409. The molecule has 4 heteroatoms. The molecule has 0 fully saturated rings. The van der Waals surface area contributed by atoms with E-state index in [9.17, 15) is 4.79 Å². The van der Waals surface area contributed by atoms with E-state index in [1.807, 2.05) is 24.3 Å². The second-order valence-electron chi connectivity index (χ2n) is 5.95. The normalized spacial score (nSPS) is 14.0. The van der Waals surface area contributed by atoms with E-state index in [-0.39, 0.29) is 18.6 Å². The molecule has 23 heavy (non-hydrogen) atoms. The standard InChI is InChI=1S/C19H21NO3/c1-13(11-21)20(2)19(22)23-12-18-16-9-5-3-7-14(16)15-8-4-6-10-17(15)18/h3-10,13,18,21H,11-12H2,1-2H3/t13-/m1/s1. The van der Waals surface area contributed by atoms with Gasteiger partial charge in [0.05, 0.1) is 12.6 Å². The summed E-state index contributed by atoms with van der Waals surface area (Å²) in [6.07, 6.45) is -0.409. The summed E-state index contributed by atoms with van der Waals surface area (Å²) >= 11 is 0. The highest BCUT2D eigenvalue weighted by Gasteiger charge is 2.29. The zero-order chi connectivity index (χ0) is 16.4. The smallest absolute Gasteiger partial charge is 0.409 e. The summed E-state index contributed by atoms with van der Waals surface area (Å²) < 4.78 is 5.50. The monoisotopic (exact) mass is 311 g/mol. The Morgan fingerprint density at radius 1 is 1.13 bits per heavy atom. The molecule has 1 amide bonds. The minimum Gasteiger partial charge on any atom is -0.448 e.